The Morgan fingerprint density at radius 1 is 1.03 bits per heavy atom. The van der Waals surface area contributed by atoms with Crippen LogP contribution in [0.2, 0.25) is 0 Å². The molecule has 2 saturated heterocycles. The van der Waals surface area contributed by atoms with E-state index in [-0.39, 0.29) is 31.1 Å². The molecule has 1 N–H and O–H groups in total. The molecule has 0 radical (unpaired) electrons. The zero-order valence-electron chi connectivity index (χ0n) is 19.1. The summed E-state index contributed by atoms with van der Waals surface area (Å²) >= 11 is 0. The molecule has 4 aliphatic heterocycles. The summed E-state index contributed by atoms with van der Waals surface area (Å²) in [5.41, 5.74) is -1.16. The maximum atomic E-state index is 14.1. The molecule has 1 saturated carbocycles. The standard InChI is InChI=1S/C25H34N2O6/c28-15-6-2-5-13-27-21-23(30)26(17-9-3-1-4-10-17)14-8-12-25(21)20(22(27)29)19-18(33-25)11-7-16-32-24(19)31/h7-8,11-12,17-21,28H,1-6,9-10,13-16H2/t18-,19+,20+,21?,25+/m1/s1. The van der Waals surface area contributed by atoms with Gasteiger partial charge in [-0.05, 0) is 38.2 Å². The molecule has 33 heavy (non-hydrogen) atoms. The molecule has 1 aliphatic carbocycles. The molecule has 5 rings (SSSR count). The van der Waals surface area contributed by atoms with Gasteiger partial charge in [-0.15, -0.1) is 0 Å². The molecule has 0 aromatic rings. The SMILES string of the molecule is O=C1OCC=C[C@H]2O[C@]34C=CCN(C5CCCCC5)C(=O)C3N(CCCCCO)C(=O)[C@@H]4[C@@H]12. The third-order valence-corrected chi connectivity index (χ3v) is 8.02. The minimum atomic E-state index is -1.16. The number of ether oxygens (including phenoxy) is 2. The van der Waals surface area contributed by atoms with Crippen molar-refractivity contribution in [2.24, 2.45) is 11.8 Å². The highest BCUT2D eigenvalue weighted by Gasteiger charge is 2.71. The highest BCUT2D eigenvalue weighted by molar-refractivity contribution is 5.99. The zero-order chi connectivity index (χ0) is 23.0. The van der Waals surface area contributed by atoms with Crippen LogP contribution in [0.15, 0.2) is 24.3 Å². The fraction of sp³-hybridized carbons (Fsp3) is 0.720. The number of esters is 1. The molecule has 8 heteroatoms. The minimum Gasteiger partial charge on any atom is -0.461 e. The summed E-state index contributed by atoms with van der Waals surface area (Å²) in [5, 5.41) is 9.14. The second-order valence-electron chi connectivity index (χ2n) is 9.90. The summed E-state index contributed by atoms with van der Waals surface area (Å²) in [7, 11) is 0. The lowest BCUT2D eigenvalue weighted by Crippen LogP contribution is -2.57. The number of carbonyl (C=O) groups excluding carboxylic acids is 3. The van der Waals surface area contributed by atoms with Gasteiger partial charge in [0.05, 0.1) is 12.0 Å². The predicted octanol–water partition coefficient (Wildman–Crippen LogP) is 1.57. The van der Waals surface area contributed by atoms with Crippen LogP contribution in [0.25, 0.3) is 0 Å². The van der Waals surface area contributed by atoms with Crippen molar-refractivity contribution < 1.29 is 29.0 Å². The average molecular weight is 459 g/mol. The quantitative estimate of drug-likeness (QED) is 0.369. The van der Waals surface area contributed by atoms with Crippen LogP contribution in [-0.4, -0.2) is 82.8 Å². The van der Waals surface area contributed by atoms with E-state index in [9.17, 15) is 14.4 Å². The smallest absolute Gasteiger partial charge is 0.313 e. The van der Waals surface area contributed by atoms with Gasteiger partial charge in [0.25, 0.3) is 0 Å². The van der Waals surface area contributed by atoms with Gasteiger partial charge < -0.3 is 24.4 Å². The first kappa shape index (κ1) is 22.6. The van der Waals surface area contributed by atoms with Crippen LogP contribution in [0.5, 0.6) is 0 Å². The van der Waals surface area contributed by atoms with Crippen LogP contribution >= 0.6 is 0 Å². The first-order valence-electron chi connectivity index (χ1n) is 12.5. The van der Waals surface area contributed by atoms with Crippen LogP contribution in [0.4, 0.5) is 0 Å². The topological polar surface area (TPSA) is 96.4 Å². The number of aliphatic hydroxyl groups is 1. The number of cyclic esters (lactones) is 1. The van der Waals surface area contributed by atoms with Gasteiger partial charge in [0.2, 0.25) is 11.8 Å². The Hall–Kier alpha value is -2.19. The summed E-state index contributed by atoms with van der Waals surface area (Å²) in [6, 6.07) is -0.605. The Bertz CT molecular complexity index is 850. The second-order valence-corrected chi connectivity index (χ2v) is 9.90. The fourth-order valence-electron chi connectivity index (χ4n) is 6.52. The van der Waals surface area contributed by atoms with Crippen LogP contribution in [0.3, 0.4) is 0 Å². The Morgan fingerprint density at radius 2 is 1.85 bits per heavy atom. The first-order chi connectivity index (χ1) is 16.1. The monoisotopic (exact) mass is 458 g/mol. The highest BCUT2D eigenvalue weighted by Crippen LogP contribution is 2.53. The van der Waals surface area contributed by atoms with E-state index in [4.69, 9.17) is 14.6 Å². The lowest BCUT2D eigenvalue weighted by molar-refractivity contribution is -0.153. The molecule has 1 unspecified atom stereocenters. The Labute approximate surface area is 194 Å². The van der Waals surface area contributed by atoms with Gasteiger partial charge in [0, 0.05) is 25.7 Å². The van der Waals surface area contributed by atoms with E-state index >= 15 is 0 Å². The summed E-state index contributed by atoms with van der Waals surface area (Å²) in [6.45, 7) is 1.18. The molecule has 8 nitrogen and oxygen atoms in total. The minimum absolute atomic E-state index is 0.0706. The predicted molar refractivity (Wildman–Crippen MR) is 119 cm³/mol. The lowest BCUT2D eigenvalue weighted by atomic mass is 9.78. The molecule has 1 spiro atoms. The summed E-state index contributed by atoms with van der Waals surface area (Å²) in [6.07, 6.45) is 14.3. The van der Waals surface area contributed by atoms with Crippen LogP contribution < -0.4 is 0 Å². The molecule has 2 amide bonds. The van der Waals surface area contributed by atoms with Gasteiger partial charge in [-0.1, -0.05) is 37.5 Å². The number of hydrogen-bond donors (Lipinski definition) is 1. The van der Waals surface area contributed by atoms with Gasteiger partial charge in [-0.25, -0.2) is 0 Å². The molecule has 5 atom stereocenters. The van der Waals surface area contributed by atoms with Crippen molar-refractivity contribution in [1.29, 1.82) is 0 Å². The molecule has 4 heterocycles. The van der Waals surface area contributed by atoms with Crippen molar-refractivity contribution in [1.82, 2.24) is 9.80 Å². The highest BCUT2D eigenvalue weighted by atomic mass is 16.6. The zero-order valence-corrected chi connectivity index (χ0v) is 19.1. The van der Waals surface area contributed by atoms with Crippen molar-refractivity contribution in [2.75, 3.05) is 26.3 Å². The van der Waals surface area contributed by atoms with Crippen molar-refractivity contribution in [3.05, 3.63) is 24.3 Å². The maximum absolute atomic E-state index is 14.1. The van der Waals surface area contributed by atoms with E-state index in [0.717, 1.165) is 32.1 Å². The first-order valence-corrected chi connectivity index (χ1v) is 12.5. The van der Waals surface area contributed by atoms with Gasteiger partial charge in [0.15, 0.2) is 0 Å². The average Bonchev–Trinajstić information content (AvgIpc) is 3.11. The molecule has 3 fully saturated rings. The molecule has 0 bridgehead atoms. The van der Waals surface area contributed by atoms with Crippen molar-refractivity contribution in [3.63, 3.8) is 0 Å². The third kappa shape index (κ3) is 3.71. The van der Waals surface area contributed by atoms with Crippen molar-refractivity contribution in [3.8, 4) is 0 Å². The number of unbranched alkanes of at least 4 members (excludes halogenated alkanes) is 2. The van der Waals surface area contributed by atoms with Gasteiger partial charge >= 0.3 is 5.97 Å². The van der Waals surface area contributed by atoms with E-state index in [1.807, 2.05) is 17.1 Å². The summed E-state index contributed by atoms with van der Waals surface area (Å²) in [4.78, 5) is 44.4. The maximum Gasteiger partial charge on any atom is 0.313 e. The number of aliphatic hydroxyl groups excluding tert-OH is 1. The van der Waals surface area contributed by atoms with Crippen LogP contribution in [0.1, 0.15) is 51.4 Å². The van der Waals surface area contributed by atoms with E-state index in [1.54, 1.807) is 17.1 Å². The van der Waals surface area contributed by atoms with Crippen LogP contribution in [0, 0.1) is 11.8 Å². The summed E-state index contributed by atoms with van der Waals surface area (Å²) in [5.74, 6) is -2.23. The Kier molecular flexibility index (Phi) is 6.31. The summed E-state index contributed by atoms with van der Waals surface area (Å²) < 4.78 is 11.9. The van der Waals surface area contributed by atoms with Crippen molar-refractivity contribution >= 4 is 17.8 Å². The Balaban J connectivity index is 1.51. The van der Waals surface area contributed by atoms with E-state index < -0.39 is 35.6 Å². The van der Waals surface area contributed by atoms with E-state index in [2.05, 4.69) is 0 Å². The van der Waals surface area contributed by atoms with Crippen molar-refractivity contribution in [2.45, 2.75) is 75.2 Å². The number of fused-ring (bicyclic) bond motifs is 2. The number of amides is 2. The number of hydrogen-bond acceptors (Lipinski definition) is 6. The largest absolute Gasteiger partial charge is 0.461 e. The second kappa shape index (κ2) is 9.22. The molecular formula is C25H34N2O6. The van der Waals surface area contributed by atoms with Gasteiger partial charge in [-0.3, -0.25) is 14.4 Å². The van der Waals surface area contributed by atoms with Crippen LogP contribution in [-0.2, 0) is 23.9 Å². The number of rotatable bonds is 6. The molecule has 0 aromatic heterocycles. The van der Waals surface area contributed by atoms with Gasteiger partial charge in [-0.2, -0.15) is 0 Å². The molecule has 180 valence electrons. The van der Waals surface area contributed by atoms with E-state index in [1.165, 1.54) is 6.42 Å². The molecular weight excluding hydrogens is 424 g/mol. The Morgan fingerprint density at radius 3 is 2.64 bits per heavy atom. The molecule has 0 aromatic carbocycles. The normalized spacial score (nSPS) is 36.3. The van der Waals surface area contributed by atoms with E-state index in [0.29, 0.717) is 25.9 Å². The third-order valence-electron chi connectivity index (χ3n) is 8.02. The number of nitrogens with zero attached hydrogens (tertiary/aromatic N) is 2. The fourth-order valence-corrected chi connectivity index (χ4v) is 6.52. The lowest BCUT2D eigenvalue weighted by Gasteiger charge is -2.39. The molecule has 5 aliphatic rings. The number of carbonyl (C=O) groups is 3. The van der Waals surface area contributed by atoms with Gasteiger partial charge in [0.1, 0.15) is 24.2 Å². The number of likely N-dealkylation sites (tertiary alicyclic amines) is 1.